The predicted octanol–water partition coefficient (Wildman–Crippen LogP) is 2.67. The van der Waals surface area contributed by atoms with E-state index in [1.165, 1.54) is 16.7 Å². The van der Waals surface area contributed by atoms with Crippen LogP contribution in [-0.2, 0) is 4.84 Å². The lowest BCUT2D eigenvalue weighted by molar-refractivity contribution is 0.0578. The number of aryl methyl sites for hydroxylation is 2. The first-order chi connectivity index (χ1) is 7.74. The van der Waals surface area contributed by atoms with Gasteiger partial charge in [0.2, 0.25) is 0 Å². The molecule has 1 heterocycles. The third kappa shape index (κ3) is 2.06. The third-order valence-electron chi connectivity index (χ3n) is 3.10. The van der Waals surface area contributed by atoms with Gasteiger partial charge < -0.3 is 9.57 Å². The van der Waals surface area contributed by atoms with Crippen LogP contribution in [0.5, 0.6) is 5.75 Å². The van der Waals surface area contributed by atoms with E-state index < -0.39 is 0 Å². The van der Waals surface area contributed by atoms with Crippen LogP contribution in [-0.4, -0.2) is 13.7 Å². The van der Waals surface area contributed by atoms with Crippen molar-refractivity contribution in [3.8, 4) is 5.75 Å². The van der Waals surface area contributed by atoms with Crippen LogP contribution in [0.1, 0.15) is 35.6 Å². The van der Waals surface area contributed by atoms with Gasteiger partial charge in [0.1, 0.15) is 5.75 Å². The average molecular weight is 221 g/mol. The zero-order valence-corrected chi connectivity index (χ0v) is 10.2. The van der Waals surface area contributed by atoms with Crippen molar-refractivity contribution in [2.24, 2.45) is 0 Å². The Hall–Kier alpha value is -1.06. The summed E-state index contributed by atoms with van der Waals surface area (Å²) in [7, 11) is 1.66. The Labute approximate surface area is 96.7 Å². The Balaban J connectivity index is 2.46. The lowest BCUT2D eigenvalue weighted by Gasteiger charge is -2.20. The Morgan fingerprint density at radius 1 is 1.31 bits per heavy atom. The van der Waals surface area contributed by atoms with Crippen LogP contribution < -0.4 is 10.2 Å². The Morgan fingerprint density at radius 2 is 2.06 bits per heavy atom. The largest absolute Gasteiger partial charge is 0.493 e. The molecule has 0 spiro atoms. The minimum atomic E-state index is 0.238. The van der Waals surface area contributed by atoms with Gasteiger partial charge in [-0.3, -0.25) is 0 Å². The van der Waals surface area contributed by atoms with Crippen LogP contribution in [0.2, 0.25) is 0 Å². The molecule has 88 valence electrons. The van der Waals surface area contributed by atoms with Crippen molar-refractivity contribution in [3.05, 3.63) is 28.8 Å². The molecule has 0 saturated heterocycles. The summed E-state index contributed by atoms with van der Waals surface area (Å²) >= 11 is 0. The fraction of sp³-hybridized carbons (Fsp3) is 0.538. The topological polar surface area (TPSA) is 30.5 Å². The Kier molecular flexibility index (Phi) is 3.46. The summed E-state index contributed by atoms with van der Waals surface area (Å²) in [6.07, 6.45) is 2.10. The summed E-state index contributed by atoms with van der Waals surface area (Å²) in [5.41, 5.74) is 6.78. The Morgan fingerprint density at radius 3 is 2.81 bits per heavy atom. The van der Waals surface area contributed by atoms with Crippen molar-refractivity contribution in [2.45, 2.75) is 32.7 Å². The summed E-state index contributed by atoms with van der Waals surface area (Å²) in [6.45, 7) is 5.00. The molecule has 2 rings (SSSR count). The van der Waals surface area contributed by atoms with Crippen LogP contribution in [0, 0.1) is 13.8 Å². The fourth-order valence-corrected chi connectivity index (χ4v) is 2.30. The molecule has 0 saturated carbocycles. The highest BCUT2D eigenvalue weighted by atomic mass is 16.6. The highest BCUT2D eigenvalue weighted by Crippen LogP contribution is 2.36. The van der Waals surface area contributed by atoms with Crippen molar-refractivity contribution < 1.29 is 9.57 Å². The second-order valence-corrected chi connectivity index (χ2v) is 4.31. The summed E-state index contributed by atoms with van der Waals surface area (Å²) in [4.78, 5) is 5.08. The molecule has 3 nitrogen and oxygen atoms in total. The van der Waals surface area contributed by atoms with Crippen LogP contribution >= 0.6 is 0 Å². The molecule has 1 aromatic carbocycles. The van der Waals surface area contributed by atoms with Crippen LogP contribution in [0.15, 0.2) is 12.1 Å². The molecule has 3 heteroatoms. The minimum Gasteiger partial charge on any atom is -0.493 e. The molecule has 1 unspecified atom stereocenters. The molecule has 0 radical (unpaired) electrons. The molecule has 1 aliphatic heterocycles. The molecule has 1 atom stereocenters. The first-order valence-corrected chi connectivity index (χ1v) is 5.75. The molecular weight excluding hydrogens is 202 g/mol. The second kappa shape index (κ2) is 4.85. The van der Waals surface area contributed by atoms with Crippen LogP contribution in [0.4, 0.5) is 0 Å². The van der Waals surface area contributed by atoms with E-state index in [0.717, 1.165) is 25.2 Å². The molecule has 1 aromatic rings. The molecule has 1 N–H and O–H groups in total. The highest BCUT2D eigenvalue weighted by Gasteiger charge is 2.22. The number of hydrogen-bond acceptors (Lipinski definition) is 3. The number of hydroxylamine groups is 1. The first kappa shape index (κ1) is 11.4. The average Bonchev–Trinajstić information content (AvgIpc) is 2.48. The van der Waals surface area contributed by atoms with Gasteiger partial charge in [0.15, 0.2) is 0 Å². The molecule has 0 aromatic heterocycles. The molecule has 0 amide bonds. The second-order valence-electron chi connectivity index (χ2n) is 4.31. The van der Waals surface area contributed by atoms with E-state index in [0.29, 0.717) is 0 Å². The van der Waals surface area contributed by atoms with Crippen molar-refractivity contribution in [2.75, 3.05) is 13.7 Å². The zero-order chi connectivity index (χ0) is 11.5. The highest BCUT2D eigenvalue weighted by molar-refractivity contribution is 5.47. The molecule has 0 bridgehead atoms. The van der Waals surface area contributed by atoms with E-state index >= 15 is 0 Å². The maximum absolute atomic E-state index is 5.84. The van der Waals surface area contributed by atoms with E-state index in [9.17, 15) is 0 Å². The zero-order valence-electron chi connectivity index (χ0n) is 10.2. The van der Waals surface area contributed by atoms with Crippen molar-refractivity contribution in [1.29, 1.82) is 0 Å². The quantitative estimate of drug-likeness (QED) is 0.779. The van der Waals surface area contributed by atoms with E-state index in [2.05, 4.69) is 31.5 Å². The number of benzene rings is 1. The number of nitrogens with one attached hydrogen (secondary N) is 1. The molecule has 0 fully saturated rings. The van der Waals surface area contributed by atoms with E-state index in [1.54, 1.807) is 7.11 Å². The lowest BCUT2D eigenvalue weighted by atomic mass is 9.96. The lowest BCUT2D eigenvalue weighted by Crippen LogP contribution is -2.20. The summed E-state index contributed by atoms with van der Waals surface area (Å²) in [5.74, 6) is 1.03. The predicted molar refractivity (Wildman–Crippen MR) is 63.5 cm³/mol. The van der Waals surface area contributed by atoms with E-state index in [-0.39, 0.29) is 6.04 Å². The van der Waals surface area contributed by atoms with Gasteiger partial charge in [0, 0.05) is 5.56 Å². The van der Waals surface area contributed by atoms with Crippen molar-refractivity contribution in [1.82, 2.24) is 5.48 Å². The molecular formula is C13H19NO2. The number of hydrogen-bond donors (Lipinski definition) is 1. The standard InChI is InChI=1S/C13H19NO2/c1-9-6-7-10(2)13-12(9)11(14-15-3)5-4-8-16-13/h6-7,11,14H,4-5,8H2,1-3H3. The van der Waals surface area contributed by atoms with Crippen LogP contribution in [0.3, 0.4) is 0 Å². The van der Waals surface area contributed by atoms with Gasteiger partial charge in [-0.1, -0.05) is 12.1 Å². The van der Waals surface area contributed by atoms with Crippen LogP contribution in [0.25, 0.3) is 0 Å². The molecule has 16 heavy (non-hydrogen) atoms. The van der Waals surface area contributed by atoms with E-state index in [4.69, 9.17) is 9.57 Å². The van der Waals surface area contributed by atoms with Gasteiger partial charge in [0.25, 0.3) is 0 Å². The van der Waals surface area contributed by atoms with Crippen molar-refractivity contribution in [3.63, 3.8) is 0 Å². The minimum absolute atomic E-state index is 0.238. The maximum atomic E-state index is 5.84. The summed E-state index contributed by atoms with van der Waals surface area (Å²) < 4.78 is 5.84. The van der Waals surface area contributed by atoms with Gasteiger partial charge in [-0.25, -0.2) is 0 Å². The van der Waals surface area contributed by atoms with Crippen molar-refractivity contribution >= 4 is 0 Å². The summed E-state index contributed by atoms with van der Waals surface area (Å²) in [5, 5.41) is 0. The molecule has 0 aliphatic carbocycles. The number of fused-ring (bicyclic) bond motifs is 1. The van der Waals surface area contributed by atoms with Gasteiger partial charge in [-0.05, 0) is 37.8 Å². The SMILES string of the molecule is CONC1CCCOc2c(C)ccc(C)c21. The monoisotopic (exact) mass is 221 g/mol. The van der Waals surface area contributed by atoms with Gasteiger partial charge in [-0.15, -0.1) is 0 Å². The van der Waals surface area contributed by atoms with Gasteiger partial charge in [-0.2, -0.15) is 5.48 Å². The smallest absolute Gasteiger partial charge is 0.127 e. The van der Waals surface area contributed by atoms with E-state index in [1.807, 2.05) is 0 Å². The fourth-order valence-electron chi connectivity index (χ4n) is 2.30. The number of rotatable bonds is 2. The molecule has 1 aliphatic rings. The Bertz CT molecular complexity index is 376. The third-order valence-corrected chi connectivity index (χ3v) is 3.10. The summed E-state index contributed by atoms with van der Waals surface area (Å²) in [6, 6.07) is 4.50. The van der Waals surface area contributed by atoms with Gasteiger partial charge in [0.05, 0.1) is 19.8 Å². The normalized spacial score (nSPS) is 19.8. The van der Waals surface area contributed by atoms with Gasteiger partial charge >= 0.3 is 0 Å². The maximum Gasteiger partial charge on any atom is 0.127 e. The first-order valence-electron chi connectivity index (χ1n) is 5.75. The number of ether oxygens (including phenoxy) is 1.